The van der Waals surface area contributed by atoms with Gasteiger partial charge in [-0.1, -0.05) is 6.92 Å². The van der Waals surface area contributed by atoms with Crippen molar-refractivity contribution in [1.29, 1.82) is 0 Å². The van der Waals surface area contributed by atoms with E-state index < -0.39 is 0 Å². The first-order valence-electron chi connectivity index (χ1n) is 5.61. The third kappa shape index (κ3) is 6.35. The van der Waals surface area contributed by atoms with E-state index in [0.29, 0.717) is 12.6 Å². The molecule has 0 rings (SSSR count). The largest absolute Gasteiger partial charge is 0.396 e. The quantitative estimate of drug-likeness (QED) is 0.596. The maximum absolute atomic E-state index is 8.71. The molecule has 0 amide bonds. The Balaban J connectivity index is 3.74. The zero-order valence-electron chi connectivity index (χ0n) is 10.2. The lowest BCUT2D eigenvalue weighted by molar-refractivity contribution is 0.173. The van der Waals surface area contributed by atoms with Crippen molar-refractivity contribution in [1.82, 2.24) is 9.80 Å². The lowest BCUT2D eigenvalue weighted by atomic mass is 10.2. The maximum Gasteiger partial charge on any atom is 0.0431 e. The van der Waals surface area contributed by atoms with Crippen molar-refractivity contribution in [3.8, 4) is 0 Å². The highest BCUT2D eigenvalue weighted by Crippen LogP contribution is 2.02. The van der Waals surface area contributed by atoms with E-state index in [1.165, 1.54) is 0 Å². The first-order valence-corrected chi connectivity index (χ1v) is 5.61. The van der Waals surface area contributed by atoms with Gasteiger partial charge in [-0.05, 0) is 47.0 Å². The minimum atomic E-state index is 0.319. The van der Waals surface area contributed by atoms with Gasteiger partial charge in [0.05, 0.1) is 0 Å². The molecule has 0 aromatic rings. The SMILES string of the molecule is CCN(CCCCO)C(C)CN(C)C. The van der Waals surface area contributed by atoms with Crippen molar-refractivity contribution in [3.05, 3.63) is 0 Å². The number of likely N-dealkylation sites (N-methyl/N-ethyl adjacent to an activating group) is 2. The van der Waals surface area contributed by atoms with Crippen LogP contribution in [-0.4, -0.2) is 61.3 Å². The van der Waals surface area contributed by atoms with Gasteiger partial charge in [0.15, 0.2) is 0 Å². The first-order chi connectivity index (χ1) is 6.61. The summed E-state index contributed by atoms with van der Waals surface area (Å²) < 4.78 is 0. The molecule has 0 saturated heterocycles. The molecule has 0 spiro atoms. The van der Waals surface area contributed by atoms with Crippen molar-refractivity contribution in [3.63, 3.8) is 0 Å². The molecule has 3 nitrogen and oxygen atoms in total. The Morgan fingerprint density at radius 3 is 2.29 bits per heavy atom. The average molecular weight is 202 g/mol. The number of rotatable bonds is 8. The molecule has 3 heteroatoms. The van der Waals surface area contributed by atoms with Crippen LogP contribution in [0.25, 0.3) is 0 Å². The van der Waals surface area contributed by atoms with Gasteiger partial charge in [-0.15, -0.1) is 0 Å². The van der Waals surface area contributed by atoms with E-state index in [4.69, 9.17) is 5.11 Å². The predicted molar refractivity (Wildman–Crippen MR) is 61.6 cm³/mol. The summed E-state index contributed by atoms with van der Waals surface area (Å²) in [5.74, 6) is 0. The zero-order valence-corrected chi connectivity index (χ0v) is 10.2. The molecular formula is C11H26N2O. The standard InChI is InChI=1S/C11H26N2O/c1-5-13(8-6-7-9-14)11(2)10-12(3)4/h11,14H,5-10H2,1-4H3. The van der Waals surface area contributed by atoms with Crippen LogP contribution in [0.2, 0.25) is 0 Å². The van der Waals surface area contributed by atoms with E-state index in [-0.39, 0.29) is 0 Å². The molecule has 0 heterocycles. The number of hydrogen-bond acceptors (Lipinski definition) is 3. The molecule has 0 saturated carbocycles. The molecule has 0 radical (unpaired) electrons. The predicted octanol–water partition coefficient (Wildman–Crippen LogP) is 1.03. The zero-order chi connectivity index (χ0) is 11.0. The van der Waals surface area contributed by atoms with Gasteiger partial charge in [-0.3, -0.25) is 4.90 Å². The van der Waals surface area contributed by atoms with Crippen LogP contribution < -0.4 is 0 Å². The topological polar surface area (TPSA) is 26.7 Å². The van der Waals surface area contributed by atoms with Crippen LogP contribution in [0.15, 0.2) is 0 Å². The Bertz CT molecular complexity index is 128. The third-order valence-corrected chi connectivity index (χ3v) is 2.51. The van der Waals surface area contributed by atoms with E-state index in [1.807, 2.05) is 0 Å². The van der Waals surface area contributed by atoms with E-state index in [1.54, 1.807) is 0 Å². The summed E-state index contributed by atoms with van der Waals surface area (Å²) in [6, 6.07) is 0.605. The number of aliphatic hydroxyl groups is 1. The van der Waals surface area contributed by atoms with Crippen LogP contribution in [-0.2, 0) is 0 Å². The van der Waals surface area contributed by atoms with Gasteiger partial charge in [0.2, 0.25) is 0 Å². The molecule has 1 unspecified atom stereocenters. The fourth-order valence-electron chi connectivity index (χ4n) is 1.76. The third-order valence-electron chi connectivity index (χ3n) is 2.51. The molecule has 86 valence electrons. The lowest BCUT2D eigenvalue weighted by Crippen LogP contribution is -2.40. The molecule has 0 aliphatic carbocycles. The van der Waals surface area contributed by atoms with E-state index in [9.17, 15) is 0 Å². The fourth-order valence-corrected chi connectivity index (χ4v) is 1.76. The van der Waals surface area contributed by atoms with Gasteiger partial charge < -0.3 is 10.0 Å². The Morgan fingerprint density at radius 1 is 1.21 bits per heavy atom. The summed E-state index contributed by atoms with van der Waals surface area (Å²) in [7, 11) is 4.22. The molecule has 0 aliphatic rings. The summed E-state index contributed by atoms with van der Waals surface area (Å²) in [5, 5.41) is 8.71. The number of hydrogen-bond donors (Lipinski definition) is 1. The molecule has 1 atom stereocenters. The van der Waals surface area contributed by atoms with E-state index in [2.05, 4.69) is 37.7 Å². The Hall–Kier alpha value is -0.120. The van der Waals surface area contributed by atoms with Gasteiger partial charge in [0.25, 0.3) is 0 Å². The van der Waals surface area contributed by atoms with E-state index in [0.717, 1.165) is 32.5 Å². The Labute approximate surface area is 88.7 Å². The molecular weight excluding hydrogens is 176 g/mol. The summed E-state index contributed by atoms with van der Waals surface area (Å²) in [6.07, 6.45) is 2.02. The summed E-state index contributed by atoms with van der Waals surface area (Å²) >= 11 is 0. The van der Waals surface area contributed by atoms with Crippen molar-refractivity contribution in [2.45, 2.75) is 32.7 Å². The Morgan fingerprint density at radius 2 is 1.86 bits per heavy atom. The first kappa shape index (κ1) is 13.9. The number of aliphatic hydroxyl groups excluding tert-OH is 1. The van der Waals surface area contributed by atoms with Gasteiger partial charge in [0, 0.05) is 19.2 Å². The highest BCUT2D eigenvalue weighted by Gasteiger charge is 2.11. The monoisotopic (exact) mass is 202 g/mol. The van der Waals surface area contributed by atoms with Crippen molar-refractivity contribution < 1.29 is 5.11 Å². The van der Waals surface area contributed by atoms with Crippen molar-refractivity contribution in [2.24, 2.45) is 0 Å². The van der Waals surface area contributed by atoms with Crippen molar-refractivity contribution in [2.75, 3.05) is 40.3 Å². The average Bonchev–Trinajstić information content (AvgIpc) is 2.11. The molecule has 0 fully saturated rings. The summed E-state index contributed by atoms with van der Waals surface area (Å²) in [6.45, 7) is 8.09. The molecule has 0 aromatic heterocycles. The normalized spacial score (nSPS) is 13.9. The lowest BCUT2D eigenvalue weighted by Gasteiger charge is -2.29. The maximum atomic E-state index is 8.71. The minimum absolute atomic E-state index is 0.319. The molecule has 1 N–H and O–H groups in total. The second-order valence-corrected chi connectivity index (χ2v) is 4.17. The van der Waals surface area contributed by atoms with Gasteiger partial charge >= 0.3 is 0 Å². The van der Waals surface area contributed by atoms with Crippen molar-refractivity contribution >= 4 is 0 Å². The molecule has 14 heavy (non-hydrogen) atoms. The van der Waals surface area contributed by atoms with Gasteiger partial charge in [-0.2, -0.15) is 0 Å². The minimum Gasteiger partial charge on any atom is -0.396 e. The number of nitrogens with zero attached hydrogens (tertiary/aromatic N) is 2. The highest BCUT2D eigenvalue weighted by atomic mass is 16.2. The summed E-state index contributed by atoms with van der Waals surface area (Å²) in [4.78, 5) is 4.69. The molecule has 0 aromatic carbocycles. The Kier molecular flexibility index (Phi) is 8.14. The molecule has 0 bridgehead atoms. The van der Waals surface area contributed by atoms with E-state index >= 15 is 0 Å². The van der Waals surface area contributed by atoms with Gasteiger partial charge in [-0.25, -0.2) is 0 Å². The van der Waals surface area contributed by atoms with Crippen LogP contribution in [0.5, 0.6) is 0 Å². The highest BCUT2D eigenvalue weighted by molar-refractivity contribution is 4.68. The van der Waals surface area contributed by atoms with Crippen LogP contribution in [0, 0.1) is 0 Å². The van der Waals surface area contributed by atoms with Gasteiger partial charge in [0.1, 0.15) is 0 Å². The smallest absolute Gasteiger partial charge is 0.0431 e. The second kappa shape index (κ2) is 8.21. The number of unbranched alkanes of at least 4 members (excludes halogenated alkanes) is 1. The summed E-state index contributed by atoms with van der Waals surface area (Å²) in [5.41, 5.74) is 0. The van der Waals surface area contributed by atoms with Crippen LogP contribution >= 0.6 is 0 Å². The van der Waals surface area contributed by atoms with Crippen LogP contribution in [0.4, 0.5) is 0 Å². The van der Waals surface area contributed by atoms with Crippen LogP contribution in [0.3, 0.4) is 0 Å². The second-order valence-electron chi connectivity index (χ2n) is 4.17. The fraction of sp³-hybridized carbons (Fsp3) is 1.00. The van der Waals surface area contributed by atoms with Crippen LogP contribution in [0.1, 0.15) is 26.7 Å². The molecule has 0 aliphatic heterocycles.